The fraction of sp³-hybridized carbons (Fsp3) is 0.0714. The number of hydrogen-bond acceptors (Lipinski definition) is 4. The molecule has 0 heterocycles. The van der Waals surface area contributed by atoms with Gasteiger partial charge in [-0.15, -0.1) is 0 Å². The predicted octanol–water partition coefficient (Wildman–Crippen LogP) is 4.12. The minimum absolute atomic E-state index is 0.0646. The number of nitrogens with two attached hydrogens (primary N) is 1. The van der Waals surface area contributed by atoms with E-state index in [0.29, 0.717) is 12.1 Å². The van der Waals surface area contributed by atoms with Crippen LogP contribution in [0.5, 0.6) is 0 Å². The SMILES string of the molecule is Nc1c(Cl)cc(NC(=O)c2ccc(S(=O)(=O)C(F)(F)F)cc2)cc1Cl. The number of alkyl halides is 3. The number of nitrogens with one attached hydrogen (secondary N) is 1. The first-order valence-electron chi connectivity index (χ1n) is 6.41. The molecule has 0 aliphatic heterocycles. The molecule has 0 atom stereocenters. The molecule has 5 nitrogen and oxygen atoms in total. The van der Waals surface area contributed by atoms with Crippen LogP contribution in [0.1, 0.15) is 10.4 Å². The van der Waals surface area contributed by atoms with Crippen molar-refractivity contribution in [3.63, 3.8) is 0 Å². The van der Waals surface area contributed by atoms with Gasteiger partial charge in [0.05, 0.1) is 20.6 Å². The average Bonchev–Trinajstić information content (AvgIpc) is 2.51. The number of sulfone groups is 1. The van der Waals surface area contributed by atoms with Crippen molar-refractivity contribution in [2.24, 2.45) is 0 Å². The second-order valence-electron chi connectivity index (χ2n) is 4.78. The van der Waals surface area contributed by atoms with Crippen LogP contribution in [0.25, 0.3) is 0 Å². The van der Waals surface area contributed by atoms with Crippen LogP contribution in [0.4, 0.5) is 24.5 Å². The minimum atomic E-state index is -5.47. The summed E-state index contributed by atoms with van der Waals surface area (Å²) in [6, 6.07) is 5.97. The first-order valence-corrected chi connectivity index (χ1v) is 8.64. The second-order valence-corrected chi connectivity index (χ2v) is 7.54. The van der Waals surface area contributed by atoms with Crippen LogP contribution in [0.2, 0.25) is 10.0 Å². The number of hydrogen-bond donors (Lipinski definition) is 2. The predicted molar refractivity (Wildman–Crippen MR) is 88.5 cm³/mol. The van der Waals surface area contributed by atoms with Crippen LogP contribution in [-0.2, 0) is 9.84 Å². The molecule has 0 aliphatic carbocycles. The quantitative estimate of drug-likeness (QED) is 0.741. The molecule has 0 radical (unpaired) electrons. The summed E-state index contributed by atoms with van der Waals surface area (Å²) in [6.45, 7) is 0. The summed E-state index contributed by atoms with van der Waals surface area (Å²) in [4.78, 5) is 11.1. The van der Waals surface area contributed by atoms with E-state index in [0.717, 1.165) is 12.1 Å². The monoisotopic (exact) mass is 412 g/mol. The third-order valence-corrected chi connectivity index (χ3v) is 5.20. The molecule has 2 aromatic carbocycles. The smallest absolute Gasteiger partial charge is 0.396 e. The van der Waals surface area contributed by atoms with Gasteiger partial charge in [0.25, 0.3) is 15.7 Å². The number of amides is 1. The molecule has 0 aliphatic rings. The zero-order valence-corrected chi connectivity index (χ0v) is 14.4. The first kappa shape index (κ1) is 19.4. The molecule has 0 saturated carbocycles. The zero-order chi connectivity index (χ0) is 19.0. The standard InChI is InChI=1S/C14H9Cl2F3N2O3S/c15-10-5-8(6-11(16)12(10)20)21-13(22)7-1-3-9(4-2-7)25(23,24)14(17,18)19/h1-6H,20H2,(H,21,22). The summed E-state index contributed by atoms with van der Waals surface area (Å²) in [5.41, 5.74) is 0.410. The summed E-state index contributed by atoms with van der Waals surface area (Å²) < 4.78 is 59.9. The van der Waals surface area contributed by atoms with E-state index in [1.807, 2.05) is 0 Å². The van der Waals surface area contributed by atoms with Crippen LogP contribution in [0.15, 0.2) is 41.3 Å². The van der Waals surface area contributed by atoms with Gasteiger partial charge in [-0.3, -0.25) is 4.79 Å². The summed E-state index contributed by atoms with van der Waals surface area (Å²) in [5.74, 6) is -0.701. The largest absolute Gasteiger partial charge is 0.501 e. The molecular weight excluding hydrogens is 404 g/mol. The summed E-state index contributed by atoms with van der Waals surface area (Å²) >= 11 is 11.7. The molecular formula is C14H9Cl2F3N2O3S. The number of anilines is 2. The molecule has 0 fully saturated rings. The summed E-state index contributed by atoms with van der Waals surface area (Å²) in [5, 5.41) is 2.63. The molecule has 0 saturated heterocycles. The van der Waals surface area contributed by atoms with E-state index in [-0.39, 0.29) is 27.0 Å². The Labute approximate surface area is 150 Å². The van der Waals surface area contributed by atoms with Gasteiger partial charge in [-0.05, 0) is 36.4 Å². The lowest BCUT2D eigenvalue weighted by Crippen LogP contribution is -2.23. The molecule has 25 heavy (non-hydrogen) atoms. The minimum Gasteiger partial charge on any atom is -0.396 e. The molecule has 0 bridgehead atoms. The van der Waals surface area contributed by atoms with Crippen molar-refractivity contribution in [2.75, 3.05) is 11.1 Å². The zero-order valence-electron chi connectivity index (χ0n) is 12.1. The van der Waals surface area contributed by atoms with Crippen molar-refractivity contribution in [1.29, 1.82) is 0 Å². The number of benzene rings is 2. The van der Waals surface area contributed by atoms with Gasteiger partial charge < -0.3 is 11.1 Å². The Morgan fingerprint density at radius 3 is 1.96 bits per heavy atom. The van der Waals surface area contributed by atoms with Gasteiger partial charge in [0.1, 0.15) is 0 Å². The van der Waals surface area contributed by atoms with Crippen molar-refractivity contribution in [1.82, 2.24) is 0 Å². The highest BCUT2D eigenvalue weighted by Crippen LogP contribution is 2.32. The van der Waals surface area contributed by atoms with Gasteiger partial charge >= 0.3 is 5.51 Å². The highest BCUT2D eigenvalue weighted by molar-refractivity contribution is 7.92. The van der Waals surface area contributed by atoms with E-state index < -0.39 is 26.1 Å². The van der Waals surface area contributed by atoms with Crippen molar-refractivity contribution >= 4 is 50.3 Å². The molecule has 3 N–H and O–H groups in total. The van der Waals surface area contributed by atoms with Crippen LogP contribution in [0, 0.1) is 0 Å². The van der Waals surface area contributed by atoms with E-state index >= 15 is 0 Å². The highest BCUT2D eigenvalue weighted by atomic mass is 35.5. The molecule has 0 spiro atoms. The Hall–Kier alpha value is -1.97. The Bertz CT molecular complexity index is 906. The molecule has 0 unspecified atom stereocenters. The Balaban J connectivity index is 2.25. The van der Waals surface area contributed by atoms with E-state index in [2.05, 4.69) is 5.32 Å². The maximum atomic E-state index is 12.5. The van der Waals surface area contributed by atoms with Gasteiger partial charge in [0.2, 0.25) is 0 Å². The molecule has 2 rings (SSSR count). The van der Waals surface area contributed by atoms with Crippen molar-refractivity contribution in [3.05, 3.63) is 52.0 Å². The Kier molecular flexibility index (Phi) is 5.22. The van der Waals surface area contributed by atoms with Crippen LogP contribution in [-0.4, -0.2) is 19.8 Å². The van der Waals surface area contributed by atoms with E-state index in [1.54, 1.807) is 0 Å². The Morgan fingerprint density at radius 2 is 1.52 bits per heavy atom. The Morgan fingerprint density at radius 1 is 1.04 bits per heavy atom. The normalized spacial score (nSPS) is 12.0. The van der Waals surface area contributed by atoms with E-state index in [1.165, 1.54) is 12.1 Å². The van der Waals surface area contributed by atoms with Gasteiger partial charge in [0, 0.05) is 11.3 Å². The van der Waals surface area contributed by atoms with Gasteiger partial charge in [0.15, 0.2) is 0 Å². The molecule has 134 valence electrons. The molecule has 1 amide bonds. The van der Waals surface area contributed by atoms with Crippen molar-refractivity contribution < 1.29 is 26.4 Å². The number of nitrogen functional groups attached to an aromatic ring is 1. The number of carbonyl (C=O) groups is 1. The van der Waals surface area contributed by atoms with E-state index in [9.17, 15) is 26.4 Å². The first-order chi connectivity index (χ1) is 11.4. The second kappa shape index (κ2) is 6.74. The summed E-state index contributed by atoms with van der Waals surface area (Å²) in [6.07, 6.45) is 0. The van der Waals surface area contributed by atoms with Gasteiger partial charge in [-0.25, -0.2) is 8.42 Å². The van der Waals surface area contributed by atoms with Crippen LogP contribution < -0.4 is 11.1 Å². The third-order valence-electron chi connectivity index (χ3n) is 3.07. The lowest BCUT2D eigenvalue weighted by Gasteiger charge is -2.10. The van der Waals surface area contributed by atoms with E-state index in [4.69, 9.17) is 28.9 Å². The third kappa shape index (κ3) is 4.00. The maximum absolute atomic E-state index is 12.5. The fourth-order valence-electron chi connectivity index (χ4n) is 1.78. The lowest BCUT2D eigenvalue weighted by molar-refractivity contribution is -0.0436. The maximum Gasteiger partial charge on any atom is 0.501 e. The fourth-order valence-corrected chi connectivity index (χ4v) is 3.03. The molecule has 2 aromatic rings. The summed E-state index contributed by atoms with van der Waals surface area (Å²) in [7, 11) is -5.47. The van der Waals surface area contributed by atoms with Crippen LogP contribution in [0.3, 0.4) is 0 Å². The van der Waals surface area contributed by atoms with Gasteiger partial charge in [-0.2, -0.15) is 13.2 Å². The van der Waals surface area contributed by atoms with Gasteiger partial charge in [-0.1, -0.05) is 23.2 Å². The topological polar surface area (TPSA) is 89.3 Å². The van der Waals surface area contributed by atoms with Crippen LogP contribution >= 0.6 is 23.2 Å². The van der Waals surface area contributed by atoms with Crippen molar-refractivity contribution in [2.45, 2.75) is 10.4 Å². The van der Waals surface area contributed by atoms with Crippen molar-refractivity contribution in [3.8, 4) is 0 Å². The average molecular weight is 413 g/mol. The number of rotatable bonds is 3. The lowest BCUT2D eigenvalue weighted by atomic mass is 10.2. The highest BCUT2D eigenvalue weighted by Gasteiger charge is 2.46. The number of carbonyl (C=O) groups excluding carboxylic acids is 1. The molecule has 11 heteroatoms. The molecule has 0 aromatic heterocycles. The number of halogens is 5.